The first-order chi connectivity index (χ1) is 5.27. The molecule has 2 heterocycles. The normalized spacial score (nSPS) is 13.0. The van der Waals surface area contributed by atoms with E-state index in [0.29, 0.717) is 23.7 Å². The van der Waals surface area contributed by atoms with Crippen LogP contribution in [0.3, 0.4) is 0 Å². The third kappa shape index (κ3) is 1.26. The lowest BCUT2D eigenvalue weighted by Gasteiger charge is -2.14. The molecule has 0 radical (unpaired) electrons. The lowest BCUT2D eigenvalue weighted by Crippen LogP contribution is -2.24. The average molecular weight is 187 g/mol. The summed E-state index contributed by atoms with van der Waals surface area (Å²) in [5.74, 6) is 0.352. The van der Waals surface area contributed by atoms with Crippen LogP contribution in [-0.2, 0) is 6.54 Å². The summed E-state index contributed by atoms with van der Waals surface area (Å²) in [4.78, 5) is 13.5. The molecule has 12 heavy (non-hydrogen) atoms. The minimum atomic E-state index is -0.244. The van der Waals surface area contributed by atoms with Gasteiger partial charge in [-0.3, -0.25) is 9.78 Å². The largest absolute Gasteiger partial charge is 0.485 e. The predicted octanol–water partition coefficient (Wildman–Crippen LogP) is 0.460. The maximum absolute atomic E-state index is 11.0. The van der Waals surface area contributed by atoms with Crippen LogP contribution < -0.4 is 16.4 Å². The van der Waals surface area contributed by atoms with Crippen molar-refractivity contribution in [2.75, 3.05) is 6.61 Å². The molecule has 0 spiro atoms. The first-order valence-corrected chi connectivity index (χ1v) is 3.65. The van der Waals surface area contributed by atoms with Crippen molar-refractivity contribution in [2.45, 2.75) is 6.54 Å². The van der Waals surface area contributed by atoms with Gasteiger partial charge in [-0.25, -0.2) is 0 Å². The molecule has 0 fully saturated rings. The van der Waals surface area contributed by atoms with Gasteiger partial charge in [-0.2, -0.15) is 0 Å². The maximum atomic E-state index is 11.0. The van der Waals surface area contributed by atoms with Crippen LogP contribution in [0.1, 0.15) is 0 Å². The molecular weight excluding hydrogens is 178 g/mol. The standard InChI is InChI=1S/C6H6N2O2S.H3N/c9-5-4-3-8(1-2-10-4)6(11)7-5;/h3H,1-2H2,(H,7,9,11);1H3. The summed E-state index contributed by atoms with van der Waals surface area (Å²) < 4.78 is 7.30. The molecule has 1 aliphatic heterocycles. The highest BCUT2D eigenvalue weighted by Gasteiger charge is 2.08. The first-order valence-electron chi connectivity index (χ1n) is 3.24. The molecule has 0 unspecified atom stereocenters. The minimum Gasteiger partial charge on any atom is -0.485 e. The van der Waals surface area contributed by atoms with Gasteiger partial charge in [0, 0.05) is 0 Å². The quantitative estimate of drug-likeness (QED) is 0.578. The average Bonchev–Trinajstić information content (AvgIpc) is 2.02. The number of aromatic nitrogens is 2. The molecule has 0 saturated heterocycles. The number of aromatic amines is 1. The monoisotopic (exact) mass is 187 g/mol. The van der Waals surface area contributed by atoms with E-state index >= 15 is 0 Å². The Bertz CT molecular complexity index is 361. The topological polar surface area (TPSA) is 82.0 Å². The van der Waals surface area contributed by atoms with Gasteiger partial charge < -0.3 is 15.5 Å². The van der Waals surface area contributed by atoms with Crippen LogP contribution >= 0.6 is 12.2 Å². The number of nitrogens with one attached hydrogen (secondary N) is 1. The highest BCUT2D eigenvalue weighted by atomic mass is 32.1. The fourth-order valence-electron chi connectivity index (χ4n) is 1.01. The van der Waals surface area contributed by atoms with Crippen LogP contribution in [0.5, 0.6) is 5.75 Å². The SMILES string of the molecule is N.O=c1[nH]c(=S)n2cc1OCC2. The van der Waals surface area contributed by atoms with E-state index < -0.39 is 0 Å². The highest BCUT2D eigenvalue weighted by Crippen LogP contribution is 2.06. The third-order valence-electron chi connectivity index (χ3n) is 1.57. The van der Waals surface area contributed by atoms with E-state index in [9.17, 15) is 4.79 Å². The van der Waals surface area contributed by atoms with Crippen molar-refractivity contribution >= 4 is 12.2 Å². The maximum Gasteiger partial charge on any atom is 0.294 e. The molecule has 66 valence electrons. The predicted molar refractivity (Wildman–Crippen MR) is 46.4 cm³/mol. The van der Waals surface area contributed by atoms with Crippen LogP contribution in [0.4, 0.5) is 0 Å². The van der Waals surface area contributed by atoms with E-state index in [4.69, 9.17) is 17.0 Å². The van der Waals surface area contributed by atoms with Crippen molar-refractivity contribution in [1.29, 1.82) is 0 Å². The molecule has 0 atom stereocenters. The molecule has 1 aliphatic rings. The van der Waals surface area contributed by atoms with Gasteiger partial charge in [0.15, 0.2) is 4.77 Å². The van der Waals surface area contributed by atoms with Gasteiger partial charge in [-0.05, 0) is 12.2 Å². The van der Waals surface area contributed by atoms with Crippen LogP contribution in [-0.4, -0.2) is 16.2 Å². The van der Waals surface area contributed by atoms with Crippen LogP contribution in [0.15, 0.2) is 11.0 Å². The van der Waals surface area contributed by atoms with E-state index in [1.807, 2.05) is 0 Å². The van der Waals surface area contributed by atoms with Gasteiger partial charge in [-0.1, -0.05) is 0 Å². The summed E-state index contributed by atoms with van der Waals surface area (Å²) in [5.41, 5.74) is -0.244. The van der Waals surface area contributed by atoms with Crippen molar-refractivity contribution in [3.05, 3.63) is 21.3 Å². The summed E-state index contributed by atoms with van der Waals surface area (Å²) in [6.45, 7) is 1.24. The molecule has 5 nitrogen and oxygen atoms in total. The van der Waals surface area contributed by atoms with E-state index in [1.54, 1.807) is 10.8 Å². The molecule has 0 saturated carbocycles. The Morgan fingerprint density at radius 2 is 2.42 bits per heavy atom. The molecule has 2 bridgehead atoms. The van der Waals surface area contributed by atoms with E-state index in [-0.39, 0.29) is 11.7 Å². The number of hydrogen-bond acceptors (Lipinski definition) is 4. The fourth-order valence-corrected chi connectivity index (χ4v) is 1.25. The second-order valence-corrected chi connectivity index (χ2v) is 2.68. The summed E-state index contributed by atoms with van der Waals surface area (Å²) >= 11 is 4.88. The van der Waals surface area contributed by atoms with Gasteiger partial charge in [0.1, 0.15) is 6.61 Å². The molecule has 4 N–H and O–H groups in total. The molecule has 1 aromatic rings. The second kappa shape index (κ2) is 3.08. The molecule has 1 aromatic heterocycles. The molecule has 0 aliphatic carbocycles. The molecule has 0 amide bonds. The number of fused-ring (bicyclic) bond motifs is 2. The lowest BCUT2D eigenvalue weighted by atomic mass is 10.5. The van der Waals surface area contributed by atoms with Gasteiger partial charge in [0.2, 0.25) is 5.75 Å². The number of nitrogens with zero attached hydrogens (tertiary/aromatic N) is 1. The van der Waals surface area contributed by atoms with Crippen molar-refractivity contribution in [3.63, 3.8) is 0 Å². The number of ether oxygens (including phenoxy) is 1. The van der Waals surface area contributed by atoms with Crippen LogP contribution in [0.2, 0.25) is 0 Å². The number of hydrogen-bond donors (Lipinski definition) is 2. The zero-order chi connectivity index (χ0) is 7.84. The smallest absolute Gasteiger partial charge is 0.294 e. The van der Waals surface area contributed by atoms with Crippen LogP contribution in [0.25, 0.3) is 0 Å². The second-order valence-electron chi connectivity index (χ2n) is 2.29. The minimum absolute atomic E-state index is 0. The van der Waals surface area contributed by atoms with E-state index in [1.165, 1.54) is 0 Å². The summed E-state index contributed by atoms with van der Waals surface area (Å²) in [6.07, 6.45) is 1.63. The van der Waals surface area contributed by atoms with Crippen molar-refractivity contribution < 1.29 is 4.74 Å². The first kappa shape index (κ1) is 8.95. The Kier molecular flexibility index (Phi) is 2.30. The van der Waals surface area contributed by atoms with E-state index in [2.05, 4.69) is 4.98 Å². The highest BCUT2D eigenvalue weighted by molar-refractivity contribution is 7.71. The lowest BCUT2D eigenvalue weighted by molar-refractivity contribution is 0.265. The van der Waals surface area contributed by atoms with Crippen molar-refractivity contribution in [2.24, 2.45) is 0 Å². The Labute approximate surface area is 73.6 Å². The Morgan fingerprint density at radius 3 is 3.17 bits per heavy atom. The number of rotatable bonds is 0. The van der Waals surface area contributed by atoms with Crippen molar-refractivity contribution in [1.82, 2.24) is 15.7 Å². The Hall–Kier alpha value is -1.14. The third-order valence-corrected chi connectivity index (χ3v) is 1.90. The zero-order valence-corrected chi connectivity index (χ0v) is 7.19. The number of H-pyrrole nitrogens is 1. The summed E-state index contributed by atoms with van der Waals surface area (Å²) in [6, 6.07) is 0. The molecule has 2 rings (SSSR count). The fraction of sp³-hybridized carbons (Fsp3) is 0.333. The van der Waals surface area contributed by atoms with Crippen LogP contribution in [0, 0.1) is 4.77 Å². The molecule has 0 aromatic carbocycles. The summed E-state index contributed by atoms with van der Waals surface area (Å²) in [7, 11) is 0. The van der Waals surface area contributed by atoms with Crippen molar-refractivity contribution in [3.8, 4) is 5.75 Å². The Morgan fingerprint density at radius 1 is 1.67 bits per heavy atom. The molecular formula is C6H9N3O2S. The van der Waals surface area contributed by atoms with Gasteiger partial charge in [0.05, 0.1) is 12.7 Å². The molecule has 6 heteroatoms. The van der Waals surface area contributed by atoms with Gasteiger partial charge >= 0.3 is 0 Å². The Balaban J connectivity index is 0.000000720. The zero-order valence-electron chi connectivity index (χ0n) is 6.37. The van der Waals surface area contributed by atoms with Gasteiger partial charge in [-0.15, -0.1) is 0 Å². The summed E-state index contributed by atoms with van der Waals surface area (Å²) in [5, 5.41) is 0. The van der Waals surface area contributed by atoms with Gasteiger partial charge in [0.25, 0.3) is 5.56 Å². The van der Waals surface area contributed by atoms with E-state index in [0.717, 1.165) is 0 Å².